The molecule has 1 atom stereocenters. The smallest absolute Gasteiger partial charge is 0.328 e. The zero-order valence-corrected chi connectivity index (χ0v) is 11.2. The lowest BCUT2D eigenvalue weighted by atomic mass is 10.0. The molecule has 1 saturated heterocycles. The van der Waals surface area contributed by atoms with Crippen LogP contribution in [0.5, 0.6) is 0 Å². The average molecular weight is 274 g/mol. The quantitative estimate of drug-likeness (QED) is 0.817. The molecule has 0 saturated carbocycles. The molecule has 106 valence electrons. The van der Waals surface area contributed by atoms with Crippen LogP contribution in [0.15, 0.2) is 30.3 Å². The van der Waals surface area contributed by atoms with Gasteiger partial charge in [-0.05, 0) is 43.0 Å². The Morgan fingerprint density at radius 3 is 2.55 bits per heavy atom. The first-order chi connectivity index (χ1) is 9.58. The van der Waals surface area contributed by atoms with Crippen molar-refractivity contribution >= 4 is 23.6 Å². The standard InChI is InChI=1S/C15H18N2O3/c16-15(20)13-3-1-2-10-17(13)12-7-4-11(5-8-12)6-9-14(18)19/h4-9,13H,1-3,10H2,(H2,16,20)(H,18,19). The second-order valence-corrected chi connectivity index (χ2v) is 4.87. The summed E-state index contributed by atoms with van der Waals surface area (Å²) in [5.74, 6) is -1.27. The monoisotopic (exact) mass is 274 g/mol. The van der Waals surface area contributed by atoms with Gasteiger partial charge in [-0.3, -0.25) is 4.79 Å². The van der Waals surface area contributed by atoms with Crippen molar-refractivity contribution in [1.82, 2.24) is 0 Å². The van der Waals surface area contributed by atoms with Gasteiger partial charge in [0.05, 0.1) is 0 Å². The van der Waals surface area contributed by atoms with Crippen LogP contribution in [0.1, 0.15) is 24.8 Å². The molecule has 1 unspecified atom stereocenters. The molecule has 1 aliphatic heterocycles. The van der Waals surface area contributed by atoms with Crippen molar-refractivity contribution in [3.05, 3.63) is 35.9 Å². The minimum atomic E-state index is -0.973. The first kappa shape index (κ1) is 14.1. The van der Waals surface area contributed by atoms with Crippen LogP contribution in [0.3, 0.4) is 0 Å². The number of benzene rings is 1. The van der Waals surface area contributed by atoms with Crippen molar-refractivity contribution in [1.29, 1.82) is 0 Å². The van der Waals surface area contributed by atoms with E-state index >= 15 is 0 Å². The molecule has 5 nitrogen and oxygen atoms in total. The fourth-order valence-corrected chi connectivity index (χ4v) is 2.48. The highest BCUT2D eigenvalue weighted by molar-refractivity contribution is 5.86. The highest BCUT2D eigenvalue weighted by Gasteiger charge is 2.26. The largest absolute Gasteiger partial charge is 0.478 e. The first-order valence-corrected chi connectivity index (χ1v) is 6.65. The van der Waals surface area contributed by atoms with E-state index in [4.69, 9.17) is 10.8 Å². The molecular formula is C15H18N2O3. The summed E-state index contributed by atoms with van der Waals surface area (Å²) in [5.41, 5.74) is 7.20. The third kappa shape index (κ3) is 3.38. The van der Waals surface area contributed by atoms with E-state index in [-0.39, 0.29) is 11.9 Å². The van der Waals surface area contributed by atoms with Crippen LogP contribution in [0, 0.1) is 0 Å². The molecule has 1 aromatic carbocycles. The zero-order chi connectivity index (χ0) is 14.5. The molecule has 0 radical (unpaired) electrons. The summed E-state index contributed by atoms with van der Waals surface area (Å²) in [6.07, 6.45) is 5.49. The maximum absolute atomic E-state index is 11.5. The molecule has 1 aromatic rings. The lowest BCUT2D eigenvalue weighted by Crippen LogP contribution is -2.47. The molecule has 2 rings (SSSR count). The van der Waals surface area contributed by atoms with Gasteiger partial charge in [-0.2, -0.15) is 0 Å². The van der Waals surface area contributed by atoms with E-state index < -0.39 is 5.97 Å². The van der Waals surface area contributed by atoms with Crippen LogP contribution < -0.4 is 10.6 Å². The van der Waals surface area contributed by atoms with E-state index in [0.29, 0.717) is 0 Å². The highest BCUT2D eigenvalue weighted by atomic mass is 16.4. The summed E-state index contributed by atoms with van der Waals surface area (Å²) in [5, 5.41) is 8.58. The summed E-state index contributed by atoms with van der Waals surface area (Å²) < 4.78 is 0. The summed E-state index contributed by atoms with van der Waals surface area (Å²) >= 11 is 0. The molecule has 20 heavy (non-hydrogen) atoms. The Bertz CT molecular complexity index is 522. The highest BCUT2D eigenvalue weighted by Crippen LogP contribution is 2.25. The van der Waals surface area contributed by atoms with E-state index in [2.05, 4.69) is 0 Å². The van der Waals surface area contributed by atoms with Crippen LogP contribution in [0.25, 0.3) is 6.08 Å². The second-order valence-electron chi connectivity index (χ2n) is 4.87. The van der Waals surface area contributed by atoms with Crippen molar-refractivity contribution in [3.63, 3.8) is 0 Å². The molecule has 1 aliphatic rings. The zero-order valence-electron chi connectivity index (χ0n) is 11.2. The number of carboxylic acid groups (broad SMARTS) is 1. The van der Waals surface area contributed by atoms with Gasteiger partial charge in [-0.1, -0.05) is 12.1 Å². The molecule has 1 amide bonds. The molecule has 0 spiro atoms. The molecular weight excluding hydrogens is 256 g/mol. The van der Waals surface area contributed by atoms with Gasteiger partial charge < -0.3 is 15.7 Å². The van der Waals surface area contributed by atoms with Gasteiger partial charge in [-0.15, -0.1) is 0 Å². The number of anilines is 1. The second kappa shape index (κ2) is 6.23. The van der Waals surface area contributed by atoms with E-state index in [9.17, 15) is 9.59 Å². The Balaban J connectivity index is 2.15. The number of hydrogen-bond acceptors (Lipinski definition) is 3. The van der Waals surface area contributed by atoms with E-state index in [1.807, 2.05) is 29.2 Å². The topological polar surface area (TPSA) is 83.6 Å². The van der Waals surface area contributed by atoms with Crippen molar-refractivity contribution in [3.8, 4) is 0 Å². The molecule has 3 N–H and O–H groups in total. The summed E-state index contributed by atoms with van der Waals surface area (Å²) in [6.45, 7) is 0.817. The Labute approximate surface area is 117 Å². The number of aliphatic carboxylic acids is 1. The van der Waals surface area contributed by atoms with Crippen LogP contribution in [0.2, 0.25) is 0 Å². The first-order valence-electron chi connectivity index (χ1n) is 6.65. The number of piperidine rings is 1. The van der Waals surface area contributed by atoms with Crippen LogP contribution in [-0.4, -0.2) is 29.6 Å². The predicted octanol–water partition coefficient (Wildman–Crippen LogP) is 1.63. The minimum Gasteiger partial charge on any atom is -0.478 e. The number of nitrogens with two attached hydrogens (primary N) is 1. The predicted molar refractivity (Wildman–Crippen MR) is 77.3 cm³/mol. The van der Waals surface area contributed by atoms with Crippen molar-refractivity contribution < 1.29 is 14.7 Å². The van der Waals surface area contributed by atoms with Crippen LogP contribution in [0.4, 0.5) is 5.69 Å². The van der Waals surface area contributed by atoms with Gasteiger partial charge >= 0.3 is 5.97 Å². The number of primary amides is 1. The lowest BCUT2D eigenvalue weighted by Gasteiger charge is -2.35. The summed E-state index contributed by atoms with van der Waals surface area (Å²) in [6, 6.07) is 7.21. The summed E-state index contributed by atoms with van der Waals surface area (Å²) in [4.78, 5) is 24.0. The van der Waals surface area contributed by atoms with Gasteiger partial charge in [0, 0.05) is 18.3 Å². The summed E-state index contributed by atoms with van der Waals surface area (Å²) in [7, 11) is 0. The van der Waals surface area contributed by atoms with Gasteiger partial charge in [-0.25, -0.2) is 4.79 Å². The van der Waals surface area contributed by atoms with Crippen LogP contribution >= 0.6 is 0 Å². The number of nitrogens with zero attached hydrogens (tertiary/aromatic N) is 1. The van der Waals surface area contributed by atoms with Crippen LogP contribution in [-0.2, 0) is 9.59 Å². The van der Waals surface area contributed by atoms with Crippen molar-refractivity contribution in [2.45, 2.75) is 25.3 Å². The maximum atomic E-state index is 11.5. The molecule has 0 aromatic heterocycles. The number of rotatable bonds is 4. The molecule has 1 fully saturated rings. The molecule has 0 bridgehead atoms. The lowest BCUT2D eigenvalue weighted by molar-refractivity contribution is -0.131. The number of hydrogen-bond donors (Lipinski definition) is 2. The van der Waals surface area contributed by atoms with Gasteiger partial charge in [0.15, 0.2) is 0 Å². The SMILES string of the molecule is NC(=O)C1CCCCN1c1ccc(C=CC(=O)O)cc1. The minimum absolute atomic E-state index is 0.246. The van der Waals surface area contributed by atoms with Crippen molar-refractivity contribution in [2.24, 2.45) is 5.73 Å². The maximum Gasteiger partial charge on any atom is 0.328 e. The van der Waals surface area contributed by atoms with Gasteiger partial charge in [0.1, 0.15) is 6.04 Å². The number of carboxylic acids is 1. The van der Waals surface area contributed by atoms with E-state index in [0.717, 1.165) is 43.1 Å². The van der Waals surface area contributed by atoms with Gasteiger partial charge in [0.25, 0.3) is 0 Å². The fourth-order valence-electron chi connectivity index (χ4n) is 2.48. The Morgan fingerprint density at radius 1 is 1.25 bits per heavy atom. The Hall–Kier alpha value is -2.30. The number of amides is 1. The van der Waals surface area contributed by atoms with E-state index in [1.54, 1.807) is 0 Å². The molecule has 1 heterocycles. The molecule has 5 heteroatoms. The Kier molecular flexibility index (Phi) is 4.40. The third-order valence-electron chi connectivity index (χ3n) is 3.47. The van der Waals surface area contributed by atoms with Gasteiger partial charge in [0.2, 0.25) is 5.91 Å². The third-order valence-corrected chi connectivity index (χ3v) is 3.47. The number of carbonyl (C=O) groups is 2. The normalized spacial score (nSPS) is 19.2. The molecule has 0 aliphatic carbocycles. The average Bonchev–Trinajstić information content (AvgIpc) is 2.45. The van der Waals surface area contributed by atoms with Crippen molar-refractivity contribution in [2.75, 3.05) is 11.4 Å². The number of carbonyl (C=O) groups excluding carboxylic acids is 1. The fraction of sp³-hybridized carbons (Fsp3) is 0.333. The Morgan fingerprint density at radius 2 is 1.95 bits per heavy atom. The van der Waals surface area contributed by atoms with E-state index in [1.165, 1.54) is 6.08 Å².